The van der Waals surface area contributed by atoms with Crippen molar-refractivity contribution in [3.05, 3.63) is 35.8 Å². The van der Waals surface area contributed by atoms with Gasteiger partial charge in [-0.1, -0.05) is 20.8 Å². The van der Waals surface area contributed by atoms with Crippen molar-refractivity contribution in [2.45, 2.75) is 26.2 Å². The molecule has 2 rings (SSSR count). The summed E-state index contributed by atoms with van der Waals surface area (Å²) < 4.78 is 20.1. The minimum atomic E-state index is -0.358. The van der Waals surface area contributed by atoms with E-state index < -0.39 is 0 Å². The van der Waals surface area contributed by atoms with Crippen molar-refractivity contribution in [2.24, 2.45) is 0 Å². The van der Waals surface area contributed by atoms with Gasteiger partial charge in [0.05, 0.1) is 12.8 Å². The van der Waals surface area contributed by atoms with Crippen molar-refractivity contribution in [1.29, 1.82) is 0 Å². The van der Waals surface area contributed by atoms with Crippen LogP contribution in [0.4, 0.5) is 10.2 Å². The lowest BCUT2D eigenvalue weighted by Gasteiger charge is -2.14. The summed E-state index contributed by atoms with van der Waals surface area (Å²) in [4.78, 5) is 0. The zero-order valence-corrected chi connectivity index (χ0v) is 11.6. The molecule has 2 aromatic rings. The van der Waals surface area contributed by atoms with Gasteiger partial charge in [0.1, 0.15) is 23.1 Å². The van der Waals surface area contributed by atoms with E-state index in [1.807, 2.05) is 20.8 Å². The Morgan fingerprint density at radius 2 is 1.95 bits per heavy atom. The van der Waals surface area contributed by atoms with Gasteiger partial charge >= 0.3 is 0 Å². The van der Waals surface area contributed by atoms with E-state index in [0.29, 0.717) is 17.3 Å². The molecule has 19 heavy (non-hydrogen) atoms. The van der Waals surface area contributed by atoms with Crippen molar-refractivity contribution in [3.63, 3.8) is 0 Å². The van der Waals surface area contributed by atoms with E-state index in [9.17, 15) is 4.39 Å². The van der Waals surface area contributed by atoms with Crippen LogP contribution >= 0.6 is 0 Å². The average molecular weight is 263 g/mol. The Bertz CT molecular complexity index is 599. The first-order chi connectivity index (χ1) is 8.82. The summed E-state index contributed by atoms with van der Waals surface area (Å²) in [7, 11) is 1.53. The summed E-state index contributed by atoms with van der Waals surface area (Å²) in [5.74, 6) is 0.619. The molecule has 4 nitrogen and oxygen atoms in total. The van der Waals surface area contributed by atoms with Gasteiger partial charge in [-0.3, -0.25) is 0 Å². The normalized spacial score (nSPS) is 11.6. The molecule has 0 fully saturated rings. The summed E-state index contributed by atoms with van der Waals surface area (Å²) in [6.07, 6.45) is 0. The molecule has 0 aliphatic heterocycles. The number of ether oxygens (including phenoxy) is 1. The predicted molar refractivity (Wildman–Crippen MR) is 73.2 cm³/mol. The summed E-state index contributed by atoms with van der Waals surface area (Å²) in [5.41, 5.74) is 7.18. The van der Waals surface area contributed by atoms with Crippen molar-refractivity contribution in [2.75, 3.05) is 12.8 Å². The van der Waals surface area contributed by atoms with E-state index >= 15 is 0 Å². The van der Waals surface area contributed by atoms with E-state index in [2.05, 4.69) is 5.10 Å². The molecule has 1 heterocycles. The van der Waals surface area contributed by atoms with Crippen LogP contribution in [0.15, 0.2) is 24.3 Å². The minimum absolute atomic E-state index is 0.125. The van der Waals surface area contributed by atoms with Gasteiger partial charge in [-0.05, 0) is 12.1 Å². The Hall–Kier alpha value is -2.04. The largest absolute Gasteiger partial charge is 0.494 e. The second kappa shape index (κ2) is 4.57. The van der Waals surface area contributed by atoms with E-state index in [1.54, 1.807) is 12.1 Å². The third-order valence-corrected chi connectivity index (χ3v) is 2.87. The van der Waals surface area contributed by atoms with E-state index in [-0.39, 0.29) is 11.2 Å². The maximum Gasteiger partial charge on any atom is 0.144 e. The molecule has 0 radical (unpaired) electrons. The van der Waals surface area contributed by atoms with Crippen LogP contribution in [0.25, 0.3) is 5.69 Å². The molecule has 2 N–H and O–H groups in total. The second-order valence-electron chi connectivity index (χ2n) is 5.43. The van der Waals surface area contributed by atoms with Crippen LogP contribution in [0.1, 0.15) is 26.5 Å². The van der Waals surface area contributed by atoms with Gasteiger partial charge in [-0.15, -0.1) is 0 Å². The Morgan fingerprint density at radius 3 is 2.47 bits per heavy atom. The van der Waals surface area contributed by atoms with Gasteiger partial charge in [0, 0.05) is 17.5 Å². The molecule has 1 aromatic heterocycles. The number of hydrogen-bond acceptors (Lipinski definition) is 3. The first-order valence-electron chi connectivity index (χ1n) is 6.03. The van der Waals surface area contributed by atoms with Crippen LogP contribution in [-0.2, 0) is 5.41 Å². The lowest BCUT2D eigenvalue weighted by Crippen LogP contribution is -2.13. The van der Waals surface area contributed by atoms with E-state index in [1.165, 1.54) is 23.9 Å². The highest BCUT2D eigenvalue weighted by molar-refractivity contribution is 5.52. The number of rotatable bonds is 2. The van der Waals surface area contributed by atoms with Crippen LogP contribution < -0.4 is 10.5 Å². The molecule has 1 aromatic carbocycles. The molecule has 0 amide bonds. The highest BCUT2D eigenvalue weighted by Gasteiger charge is 2.20. The van der Waals surface area contributed by atoms with Crippen LogP contribution in [0.2, 0.25) is 0 Å². The third-order valence-electron chi connectivity index (χ3n) is 2.87. The Kier molecular flexibility index (Phi) is 3.22. The lowest BCUT2D eigenvalue weighted by molar-refractivity contribution is 0.410. The molecule has 0 saturated heterocycles. The van der Waals surface area contributed by atoms with Gasteiger partial charge in [-0.25, -0.2) is 9.07 Å². The minimum Gasteiger partial charge on any atom is -0.494 e. The molecule has 0 aliphatic carbocycles. The maximum absolute atomic E-state index is 13.4. The average Bonchev–Trinajstić information content (AvgIpc) is 2.71. The zero-order valence-electron chi connectivity index (χ0n) is 11.6. The van der Waals surface area contributed by atoms with Crippen LogP contribution in [0.3, 0.4) is 0 Å². The number of benzene rings is 1. The van der Waals surface area contributed by atoms with Gasteiger partial charge in [0.2, 0.25) is 0 Å². The quantitative estimate of drug-likeness (QED) is 0.906. The highest BCUT2D eigenvalue weighted by atomic mass is 19.1. The highest BCUT2D eigenvalue weighted by Crippen LogP contribution is 2.29. The molecule has 0 atom stereocenters. The standard InChI is InChI=1S/C14H18FN3O/c1-14(2,3)12-8-13(16)18(17-12)10-7-9(15)5-6-11(10)19-4/h5-8H,16H2,1-4H3. The van der Waals surface area contributed by atoms with E-state index in [4.69, 9.17) is 10.5 Å². The molecule has 0 bridgehead atoms. The van der Waals surface area contributed by atoms with Gasteiger partial charge in [0.25, 0.3) is 0 Å². The first kappa shape index (κ1) is 13.4. The van der Waals surface area contributed by atoms with Crippen molar-refractivity contribution in [3.8, 4) is 11.4 Å². The molecular weight excluding hydrogens is 245 g/mol. The van der Waals surface area contributed by atoms with Crippen LogP contribution in [0, 0.1) is 5.82 Å². The fraction of sp³-hybridized carbons (Fsp3) is 0.357. The van der Waals surface area contributed by atoms with Crippen molar-refractivity contribution >= 4 is 5.82 Å². The number of aromatic nitrogens is 2. The monoisotopic (exact) mass is 263 g/mol. The third kappa shape index (κ3) is 2.54. The number of nitrogens with two attached hydrogens (primary N) is 1. The number of halogens is 1. The second-order valence-corrected chi connectivity index (χ2v) is 5.43. The number of methoxy groups -OCH3 is 1. The van der Waals surface area contributed by atoms with Gasteiger partial charge in [-0.2, -0.15) is 5.10 Å². The molecular formula is C14H18FN3O. The summed E-state index contributed by atoms with van der Waals surface area (Å²) in [6, 6.07) is 6.05. The predicted octanol–water partition coefficient (Wildman–Crippen LogP) is 2.90. The lowest BCUT2D eigenvalue weighted by atomic mass is 9.92. The summed E-state index contributed by atoms with van der Waals surface area (Å²) >= 11 is 0. The Labute approximate surface area is 112 Å². The van der Waals surface area contributed by atoms with Gasteiger partial charge in [0.15, 0.2) is 0 Å². The summed E-state index contributed by atoms with van der Waals surface area (Å²) in [5, 5.41) is 4.45. The molecule has 5 heteroatoms. The smallest absolute Gasteiger partial charge is 0.144 e. The number of nitrogens with zero attached hydrogens (tertiary/aromatic N) is 2. The molecule has 0 spiro atoms. The van der Waals surface area contributed by atoms with Gasteiger partial charge < -0.3 is 10.5 Å². The van der Waals surface area contributed by atoms with E-state index in [0.717, 1.165) is 5.69 Å². The summed E-state index contributed by atoms with van der Waals surface area (Å²) in [6.45, 7) is 6.13. The van der Waals surface area contributed by atoms with Crippen molar-refractivity contribution in [1.82, 2.24) is 9.78 Å². The number of nitrogen functional groups attached to an aromatic ring is 1. The van der Waals surface area contributed by atoms with Crippen LogP contribution in [-0.4, -0.2) is 16.9 Å². The fourth-order valence-electron chi connectivity index (χ4n) is 1.78. The maximum atomic E-state index is 13.4. The SMILES string of the molecule is COc1ccc(F)cc1-n1nc(C(C)(C)C)cc1N. The zero-order chi connectivity index (χ0) is 14.2. The fourth-order valence-corrected chi connectivity index (χ4v) is 1.78. The Morgan fingerprint density at radius 1 is 1.26 bits per heavy atom. The van der Waals surface area contributed by atoms with Crippen molar-refractivity contribution < 1.29 is 9.13 Å². The molecule has 0 unspecified atom stereocenters. The number of hydrogen-bond donors (Lipinski definition) is 1. The van der Waals surface area contributed by atoms with Crippen LogP contribution in [0.5, 0.6) is 5.75 Å². The topological polar surface area (TPSA) is 53.1 Å². The molecule has 0 aliphatic rings. The molecule has 102 valence electrons. The molecule has 0 saturated carbocycles. The number of anilines is 1. The Balaban J connectivity index is 2.59. The first-order valence-corrected chi connectivity index (χ1v) is 6.03.